The van der Waals surface area contributed by atoms with E-state index in [0.29, 0.717) is 5.56 Å². The molecule has 2 rings (SSSR count). The Bertz CT molecular complexity index is 442. The molecule has 1 saturated carbocycles. The molecule has 19 heavy (non-hydrogen) atoms. The van der Waals surface area contributed by atoms with E-state index in [4.69, 9.17) is 5.11 Å². The molecule has 0 bridgehead atoms. The summed E-state index contributed by atoms with van der Waals surface area (Å²) in [5.74, 6) is -0.0757. The first-order chi connectivity index (χ1) is 9.16. The zero-order chi connectivity index (χ0) is 13.7. The molecular weight excluding hydrogens is 306 g/mol. The number of hydrogen-bond donors (Lipinski definition) is 2. The van der Waals surface area contributed by atoms with Gasteiger partial charge in [0, 0.05) is 11.0 Å². The summed E-state index contributed by atoms with van der Waals surface area (Å²) in [5.41, 5.74) is 1.43. The van der Waals surface area contributed by atoms with Crippen LogP contribution in [0.25, 0.3) is 0 Å². The van der Waals surface area contributed by atoms with Crippen molar-refractivity contribution in [3.05, 3.63) is 33.8 Å². The van der Waals surface area contributed by atoms with Crippen LogP contribution in [0.1, 0.15) is 48.0 Å². The maximum atomic E-state index is 10.8. The highest BCUT2D eigenvalue weighted by Crippen LogP contribution is 2.23. The normalized spacial score (nSPS) is 16.5. The fraction of sp³-hybridized carbons (Fsp3) is 0.533. The van der Waals surface area contributed by atoms with Gasteiger partial charge in [0.25, 0.3) is 0 Å². The van der Waals surface area contributed by atoms with Crippen molar-refractivity contribution in [3.8, 4) is 0 Å². The minimum atomic E-state index is -0.887. The van der Waals surface area contributed by atoms with Crippen LogP contribution < -0.4 is 5.32 Å². The number of aromatic carboxylic acids is 1. The Morgan fingerprint density at radius 1 is 1.32 bits per heavy atom. The van der Waals surface area contributed by atoms with E-state index in [1.54, 1.807) is 12.1 Å². The van der Waals surface area contributed by atoms with Crippen molar-refractivity contribution in [2.45, 2.75) is 38.6 Å². The fourth-order valence-electron chi connectivity index (χ4n) is 2.63. The second-order valence-corrected chi connectivity index (χ2v) is 6.10. The first-order valence-corrected chi connectivity index (χ1v) is 7.68. The topological polar surface area (TPSA) is 49.3 Å². The predicted octanol–water partition coefficient (Wildman–Crippen LogP) is 3.82. The summed E-state index contributed by atoms with van der Waals surface area (Å²) in [5, 5.41) is 12.4. The zero-order valence-electron chi connectivity index (χ0n) is 11.0. The second kappa shape index (κ2) is 7.06. The third kappa shape index (κ3) is 4.32. The van der Waals surface area contributed by atoms with Gasteiger partial charge < -0.3 is 10.4 Å². The first-order valence-electron chi connectivity index (χ1n) is 6.89. The molecule has 104 valence electrons. The molecule has 0 unspecified atom stereocenters. The lowest BCUT2D eigenvalue weighted by Crippen LogP contribution is -2.24. The summed E-state index contributed by atoms with van der Waals surface area (Å²) in [6.07, 6.45) is 6.80. The zero-order valence-corrected chi connectivity index (χ0v) is 12.6. The van der Waals surface area contributed by atoms with Crippen LogP contribution >= 0.6 is 15.9 Å². The van der Waals surface area contributed by atoms with Gasteiger partial charge in [0.05, 0.1) is 5.56 Å². The molecule has 1 aliphatic carbocycles. The lowest BCUT2D eigenvalue weighted by atomic mass is 9.89. The Balaban J connectivity index is 1.83. The largest absolute Gasteiger partial charge is 0.478 e. The average Bonchev–Trinajstić information content (AvgIpc) is 2.41. The van der Waals surface area contributed by atoms with E-state index in [2.05, 4.69) is 21.2 Å². The third-order valence-corrected chi connectivity index (χ3v) is 4.51. The van der Waals surface area contributed by atoms with Crippen LogP contribution in [0.4, 0.5) is 0 Å². The monoisotopic (exact) mass is 325 g/mol. The predicted molar refractivity (Wildman–Crippen MR) is 79.4 cm³/mol. The van der Waals surface area contributed by atoms with Crippen LogP contribution in [0.3, 0.4) is 0 Å². The molecule has 0 aliphatic heterocycles. The van der Waals surface area contributed by atoms with Crippen LogP contribution in [0.15, 0.2) is 22.7 Å². The highest BCUT2D eigenvalue weighted by Gasteiger charge is 2.13. The highest BCUT2D eigenvalue weighted by atomic mass is 79.9. The van der Waals surface area contributed by atoms with Gasteiger partial charge in [-0.15, -0.1) is 0 Å². The molecule has 0 amide bonds. The van der Waals surface area contributed by atoms with Gasteiger partial charge in [-0.2, -0.15) is 0 Å². The molecule has 0 atom stereocenters. The van der Waals surface area contributed by atoms with Gasteiger partial charge >= 0.3 is 5.97 Å². The van der Waals surface area contributed by atoms with Crippen molar-refractivity contribution in [3.63, 3.8) is 0 Å². The molecule has 1 aromatic carbocycles. The smallest absolute Gasteiger partial charge is 0.335 e. The molecule has 0 heterocycles. The van der Waals surface area contributed by atoms with Crippen molar-refractivity contribution >= 4 is 21.9 Å². The quantitative estimate of drug-likeness (QED) is 0.865. The number of carboxylic acids is 1. The number of carboxylic acid groups (broad SMARTS) is 1. The van der Waals surface area contributed by atoms with Crippen LogP contribution in [-0.4, -0.2) is 17.6 Å². The van der Waals surface area contributed by atoms with E-state index in [9.17, 15) is 4.79 Å². The van der Waals surface area contributed by atoms with Crippen LogP contribution in [0, 0.1) is 5.92 Å². The van der Waals surface area contributed by atoms with E-state index < -0.39 is 5.97 Å². The molecule has 0 spiro atoms. The number of hydrogen-bond acceptors (Lipinski definition) is 2. The number of halogens is 1. The van der Waals surface area contributed by atoms with Gasteiger partial charge in [-0.1, -0.05) is 41.3 Å². The number of nitrogens with one attached hydrogen (secondary N) is 1. The van der Waals surface area contributed by atoms with Crippen molar-refractivity contribution in [2.75, 3.05) is 6.54 Å². The number of benzene rings is 1. The van der Waals surface area contributed by atoms with Gasteiger partial charge in [0.15, 0.2) is 0 Å². The van der Waals surface area contributed by atoms with Gasteiger partial charge in [-0.25, -0.2) is 4.79 Å². The van der Waals surface area contributed by atoms with E-state index >= 15 is 0 Å². The summed E-state index contributed by atoms with van der Waals surface area (Å²) < 4.78 is 0.864. The third-order valence-electron chi connectivity index (χ3n) is 3.77. The van der Waals surface area contributed by atoms with Crippen molar-refractivity contribution < 1.29 is 9.90 Å². The molecule has 1 aromatic rings. The Morgan fingerprint density at radius 2 is 2.05 bits per heavy atom. The SMILES string of the molecule is O=C(O)c1ccc(CNCC2CCCCC2)c(Br)c1. The number of rotatable bonds is 5. The summed E-state index contributed by atoms with van der Waals surface area (Å²) in [7, 11) is 0. The molecule has 0 saturated heterocycles. The second-order valence-electron chi connectivity index (χ2n) is 5.25. The summed E-state index contributed by atoms with van der Waals surface area (Å²) >= 11 is 3.44. The Hall–Kier alpha value is -0.870. The van der Waals surface area contributed by atoms with E-state index in [1.165, 1.54) is 32.1 Å². The molecule has 2 N–H and O–H groups in total. The highest BCUT2D eigenvalue weighted by molar-refractivity contribution is 9.10. The van der Waals surface area contributed by atoms with Gasteiger partial charge in [-0.3, -0.25) is 0 Å². The first kappa shape index (κ1) is 14.5. The summed E-state index contributed by atoms with van der Waals surface area (Å²) in [6.45, 7) is 1.85. The lowest BCUT2D eigenvalue weighted by Gasteiger charge is -2.22. The molecule has 4 heteroatoms. The van der Waals surface area contributed by atoms with E-state index in [1.807, 2.05) is 6.07 Å². The fourth-order valence-corrected chi connectivity index (χ4v) is 3.14. The number of carbonyl (C=O) groups is 1. The van der Waals surface area contributed by atoms with Crippen LogP contribution in [0.5, 0.6) is 0 Å². The molecule has 3 nitrogen and oxygen atoms in total. The minimum Gasteiger partial charge on any atom is -0.478 e. The van der Waals surface area contributed by atoms with Crippen molar-refractivity contribution in [2.24, 2.45) is 5.92 Å². The van der Waals surface area contributed by atoms with Gasteiger partial charge in [0.1, 0.15) is 0 Å². The maximum absolute atomic E-state index is 10.8. The summed E-state index contributed by atoms with van der Waals surface area (Å²) in [6, 6.07) is 5.20. The minimum absolute atomic E-state index is 0.322. The van der Waals surface area contributed by atoms with Crippen molar-refractivity contribution in [1.82, 2.24) is 5.32 Å². The summed E-state index contributed by atoms with van der Waals surface area (Å²) in [4.78, 5) is 10.8. The van der Waals surface area contributed by atoms with Crippen LogP contribution in [-0.2, 0) is 6.54 Å². The van der Waals surface area contributed by atoms with E-state index in [-0.39, 0.29) is 0 Å². The Labute approximate surface area is 122 Å². The molecule has 1 fully saturated rings. The maximum Gasteiger partial charge on any atom is 0.335 e. The van der Waals surface area contributed by atoms with Crippen LogP contribution in [0.2, 0.25) is 0 Å². The lowest BCUT2D eigenvalue weighted by molar-refractivity contribution is 0.0697. The Kier molecular flexibility index (Phi) is 5.40. The van der Waals surface area contributed by atoms with E-state index in [0.717, 1.165) is 29.0 Å². The molecule has 1 aliphatic rings. The van der Waals surface area contributed by atoms with Crippen molar-refractivity contribution in [1.29, 1.82) is 0 Å². The molecule has 0 aromatic heterocycles. The van der Waals surface area contributed by atoms with Gasteiger partial charge in [-0.05, 0) is 43.0 Å². The standard InChI is InChI=1S/C15H20BrNO2/c16-14-8-12(15(18)19)6-7-13(14)10-17-9-11-4-2-1-3-5-11/h6-8,11,17H,1-5,9-10H2,(H,18,19). The molecule has 0 radical (unpaired) electrons. The average molecular weight is 326 g/mol. The Morgan fingerprint density at radius 3 is 2.68 bits per heavy atom. The molecular formula is C15H20BrNO2. The van der Waals surface area contributed by atoms with Gasteiger partial charge in [0.2, 0.25) is 0 Å².